The molecule has 4 nitrogen and oxygen atoms in total. The summed E-state index contributed by atoms with van der Waals surface area (Å²) >= 11 is 0. The third-order valence-electron chi connectivity index (χ3n) is 5.13. The number of hydrogen-bond donors (Lipinski definition) is 1. The number of unbranched alkanes of at least 4 members (excludes halogenated alkanes) is 10. The lowest BCUT2D eigenvalue weighted by molar-refractivity contribution is -0.159. The topological polar surface area (TPSA) is 71.4 Å². The van der Waals surface area contributed by atoms with Crippen molar-refractivity contribution in [3.8, 4) is 0 Å². The Morgan fingerprint density at radius 1 is 0.731 bits per heavy atom. The summed E-state index contributed by atoms with van der Waals surface area (Å²) in [6, 6.07) is 0. The summed E-state index contributed by atoms with van der Waals surface area (Å²) < 4.78 is 0. The van der Waals surface area contributed by atoms with Gasteiger partial charge in [0.05, 0.1) is 0 Å². The van der Waals surface area contributed by atoms with Gasteiger partial charge in [-0.25, -0.2) is 0 Å². The highest BCUT2D eigenvalue weighted by Gasteiger charge is 2.47. The minimum Gasteiger partial charge on any atom is -0.480 e. The fraction of sp³-hybridized carbons (Fsp3) is 0.773. The monoisotopic (exact) mass is 366 g/mol. The number of Topliss-reactive ketones (excluding diaryl/α,β-unsaturated/α-hetero) is 2. The molecule has 0 rings (SSSR count). The Hall–Kier alpha value is -1.45. The molecule has 0 amide bonds. The maximum Gasteiger partial charge on any atom is 0.324 e. The van der Waals surface area contributed by atoms with Gasteiger partial charge in [0.2, 0.25) is 0 Å². The van der Waals surface area contributed by atoms with E-state index in [-0.39, 0.29) is 6.42 Å². The molecule has 0 aromatic rings. The van der Waals surface area contributed by atoms with Crippen LogP contribution in [0.2, 0.25) is 0 Å². The van der Waals surface area contributed by atoms with E-state index < -0.39 is 23.0 Å². The van der Waals surface area contributed by atoms with E-state index >= 15 is 0 Å². The summed E-state index contributed by atoms with van der Waals surface area (Å²) in [5, 5.41) is 9.32. The average molecular weight is 367 g/mol. The molecule has 0 heterocycles. The lowest BCUT2D eigenvalue weighted by atomic mass is 9.76. The Balaban J connectivity index is 3.80. The second-order valence-corrected chi connectivity index (χ2v) is 7.30. The van der Waals surface area contributed by atoms with Gasteiger partial charge in [0.25, 0.3) is 0 Å². The van der Waals surface area contributed by atoms with E-state index in [4.69, 9.17) is 0 Å². The van der Waals surface area contributed by atoms with Crippen LogP contribution in [-0.2, 0) is 14.4 Å². The summed E-state index contributed by atoms with van der Waals surface area (Å²) in [5.74, 6) is -2.43. The van der Waals surface area contributed by atoms with Crippen LogP contribution in [0.15, 0.2) is 12.2 Å². The van der Waals surface area contributed by atoms with E-state index in [0.717, 1.165) is 32.1 Å². The van der Waals surface area contributed by atoms with Crippen molar-refractivity contribution in [1.29, 1.82) is 0 Å². The van der Waals surface area contributed by atoms with E-state index in [1.165, 1.54) is 52.4 Å². The first-order valence-corrected chi connectivity index (χ1v) is 10.3. The van der Waals surface area contributed by atoms with Gasteiger partial charge < -0.3 is 5.11 Å². The van der Waals surface area contributed by atoms with Crippen LogP contribution in [0.25, 0.3) is 0 Å². The number of hydrogen-bond acceptors (Lipinski definition) is 3. The maximum absolute atomic E-state index is 11.7. The van der Waals surface area contributed by atoms with Gasteiger partial charge in [-0.1, -0.05) is 70.4 Å². The molecule has 26 heavy (non-hydrogen) atoms. The van der Waals surface area contributed by atoms with Crippen LogP contribution >= 0.6 is 0 Å². The molecule has 0 saturated heterocycles. The zero-order chi connectivity index (χ0) is 19.8. The van der Waals surface area contributed by atoms with Gasteiger partial charge in [-0.2, -0.15) is 0 Å². The molecule has 0 fully saturated rings. The van der Waals surface area contributed by atoms with Crippen molar-refractivity contribution in [1.82, 2.24) is 0 Å². The standard InChI is InChI=1S/C22H38O4/c1-4-5-6-7-8-9-10-11-12-13-14-15-16-17-18-22(19(2)23,20(3)24)21(25)26/h11-12H,4-10,13-18H2,1-3H3,(H,25,26)/b12-11-. The number of ketones is 2. The number of carbonyl (C=O) groups excluding carboxylic acids is 2. The molecule has 0 aliphatic carbocycles. The maximum atomic E-state index is 11.7. The van der Waals surface area contributed by atoms with Gasteiger partial charge in [0.1, 0.15) is 0 Å². The Morgan fingerprint density at radius 2 is 1.15 bits per heavy atom. The van der Waals surface area contributed by atoms with Gasteiger partial charge in [0, 0.05) is 0 Å². The second kappa shape index (κ2) is 14.7. The second-order valence-electron chi connectivity index (χ2n) is 7.30. The number of allylic oxidation sites excluding steroid dienone is 2. The lowest BCUT2D eigenvalue weighted by Crippen LogP contribution is -2.44. The molecule has 0 aliphatic heterocycles. The Bertz CT molecular complexity index is 415. The summed E-state index contributed by atoms with van der Waals surface area (Å²) in [6.45, 7) is 4.63. The van der Waals surface area contributed by atoms with Crippen molar-refractivity contribution in [2.45, 2.75) is 104 Å². The third kappa shape index (κ3) is 9.30. The van der Waals surface area contributed by atoms with Crippen LogP contribution in [-0.4, -0.2) is 22.6 Å². The third-order valence-corrected chi connectivity index (χ3v) is 5.13. The fourth-order valence-electron chi connectivity index (χ4n) is 3.29. The van der Waals surface area contributed by atoms with Crippen LogP contribution in [0, 0.1) is 5.41 Å². The highest BCUT2D eigenvalue weighted by Crippen LogP contribution is 2.28. The molecular formula is C22H38O4. The molecular weight excluding hydrogens is 328 g/mol. The van der Waals surface area contributed by atoms with Gasteiger partial charge in [-0.05, 0) is 46.0 Å². The van der Waals surface area contributed by atoms with Crippen molar-refractivity contribution in [2.24, 2.45) is 5.41 Å². The molecule has 0 spiro atoms. The summed E-state index contributed by atoms with van der Waals surface area (Å²) in [4.78, 5) is 34.8. The molecule has 0 saturated carbocycles. The van der Waals surface area contributed by atoms with Gasteiger partial charge in [-0.15, -0.1) is 0 Å². The predicted molar refractivity (Wildman–Crippen MR) is 106 cm³/mol. The lowest BCUT2D eigenvalue weighted by Gasteiger charge is -2.23. The molecule has 0 aromatic heterocycles. The Kier molecular flexibility index (Phi) is 13.9. The van der Waals surface area contributed by atoms with Crippen molar-refractivity contribution in [3.05, 3.63) is 12.2 Å². The smallest absolute Gasteiger partial charge is 0.324 e. The van der Waals surface area contributed by atoms with Gasteiger partial charge in [0.15, 0.2) is 17.0 Å². The largest absolute Gasteiger partial charge is 0.480 e. The van der Waals surface area contributed by atoms with Crippen molar-refractivity contribution < 1.29 is 19.5 Å². The van der Waals surface area contributed by atoms with Crippen molar-refractivity contribution in [3.63, 3.8) is 0 Å². The predicted octanol–water partition coefficient (Wildman–Crippen LogP) is 5.88. The number of rotatable bonds is 17. The van der Waals surface area contributed by atoms with Crippen LogP contribution in [0.1, 0.15) is 104 Å². The van der Waals surface area contributed by atoms with Gasteiger partial charge >= 0.3 is 5.97 Å². The van der Waals surface area contributed by atoms with E-state index in [1.807, 2.05) is 0 Å². The molecule has 1 N–H and O–H groups in total. The van der Waals surface area contributed by atoms with E-state index in [2.05, 4.69) is 19.1 Å². The molecule has 0 aromatic carbocycles. The minimum atomic E-state index is -1.84. The van der Waals surface area contributed by atoms with Crippen molar-refractivity contribution in [2.75, 3.05) is 0 Å². The van der Waals surface area contributed by atoms with Crippen LogP contribution in [0.4, 0.5) is 0 Å². The van der Waals surface area contributed by atoms with E-state index in [1.54, 1.807) is 0 Å². The Morgan fingerprint density at radius 3 is 1.58 bits per heavy atom. The Labute approximate surface area is 159 Å². The van der Waals surface area contributed by atoms with Gasteiger partial charge in [-0.3, -0.25) is 14.4 Å². The highest BCUT2D eigenvalue weighted by molar-refractivity contribution is 6.20. The normalized spacial score (nSPS) is 11.8. The summed E-state index contributed by atoms with van der Waals surface area (Å²) in [6.07, 6.45) is 18.2. The number of carboxylic acid groups (broad SMARTS) is 1. The molecule has 0 unspecified atom stereocenters. The molecule has 0 atom stereocenters. The highest BCUT2D eigenvalue weighted by atomic mass is 16.4. The van der Waals surface area contributed by atoms with Crippen LogP contribution in [0.5, 0.6) is 0 Å². The molecule has 4 heteroatoms. The first-order chi connectivity index (χ1) is 12.4. The zero-order valence-corrected chi connectivity index (χ0v) is 17.0. The van der Waals surface area contributed by atoms with Crippen LogP contribution < -0.4 is 0 Å². The number of carboxylic acids is 1. The first-order valence-electron chi connectivity index (χ1n) is 10.3. The summed E-state index contributed by atoms with van der Waals surface area (Å²) in [7, 11) is 0. The van der Waals surface area contributed by atoms with Crippen LogP contribution in [0.3, 0.4) is 0 Å². The molecule has 0 aliphatic rings. The fourth-order valence-corrected chi connectivity index (χ4v) is 3.29. The van der Waals surface area contributed by atoms with E-state index in [0.29, 0.717) is 6.42 Å². The summed E-state index contributed by atoms with van der Waals surface area (Å²) in [5.41, 5.74) is -1.84. The molecule has 150 valence electrons. The quantitative estimate of drug-likeness (QED) is 0.198. The minimum absolute atomic E-state index is 0.112. The molecule has 0 radical (unpaired) electrons. The molecule has 0 bridgehead atoms. The average Bonchev–Trinajstić information content (AvgIpc) is 2.57. The zero-order valence-electron chi connectivity index (χ0n) is 17.0. The SMILES string of the molecule is CCCCCCCC/C=C\CCCCCCC(C(C)=O)(C(C)=O)C(=O)O. The first kappa shape index (κ1) is 24.6. The van der Waals surface area contributed by atoms with Crippen molar-refractivity contribution >= 4 is 17.5 Å². The number of aliphatic carboxylic acids is 1. The van der Waals surface area contributed by atoms with E-state index in [9.17, 15) is 19.5 Å². The number of carbonyl (C=O) groups is 3.